The highest BCUT2D eigenvalue weighted by molar-refractivity contribution is 6.31. The van der Waals surface area contributed by atoms with E-state index in [1.165, 1.54) is 31.7 Å². The average Bonchev–Trinajstić information content (AvgIpc) is 3.30. The maximum atomic E-state index is 14.0. The first-order chi connectivity index (χ1) is 17.0. The van der Waals surface area contributed by atoms with Crippen LogP contribution in [0.4, 0.5) is 10.1 Å². The van der Waals surface area contributed by atoms with E-state index >= 15 is 0 Å². The van der Waals surface area contributed by atoms with Gasteiger partial charge in [0, 0.05) is 29.8 Å². The average molecular weight is 541 g/mol. The van der Waals surface area contributed by atoms with E-state index in [0.717, 1.165) is 12.0 Å². The molecule has 1 aliphatic rings. The quantitative estimate of drug-likeness (QED) is 0.292. The second kappa shape index (κ2) is 16.6. The van der Waals surface area contributed by atoms with Gasteiger partial charge in [-0.25, -0.2) is 4.39 Å². The van der Waals surface area contributed by atoms with E-state index in [-0.39, 0.29) is 16.8 Å². The van der Waals surface area contributed by atoms with Crippen LogP contribution in [-0.2, 0) is 16.1 Å². The number of benzene rings is 2. The molecule has 2 aromatic carbocycles. The zero-order valence-electron chi connectivity index (χ0n) is 22.0. The Balaban J connectivity index is 0.000000407. The minimum Gasteiger partial charge on any atom is -0.356 e. The van der Waals surface area contributed by atoms with E-state index in [1.807, 2.05) is 13.0 Å². The lowest BCUT2D eigenvalue weighted by Crippen LogP contribution is -2.23. The maximum Gasteiger partial charge on any atom is 0.211 e. The molecule has 2 amide bonds. The van der Waals surface area contributed by atoms with Crippen molar-refractivity contribution in [2.45, 2.75) is 78.8 Å². The molecular formula is C28H40Cl2FN3O2. The lowest BCUT2D eigenvalue weighted by Gasteiger charge is -2.16. The van der Waals surface area contributed by atoms with Gasteiger partial charge in [-0.15, -0.1) is 0 Å². The molecule has 8 heteroatoms. The molecule has 1 atom stereocenters. The summed E-state index contributed by atoms with van der Waals surface area (Å²) in [5.41, 5.74) is 2.63. The molecule has 0 aliphatic heterocycles. The van der Waals surface area contributed by atoms with Crippen molar-refractivity contribution in [3.05, 3.63) is 63.4 Å². The van der Waals surface area contributed by atoms with Crippen molar-refractivity contribution in [1.29, 1.82) is 0 Å². The highest BCUT2D eigenvalue weighted by Crippen LogP contribution is 2.25. The summed E-state index contributed by atoms with van der Waals surface area (Å²) in [6, 6.07) is 10.8. The standard InChI is InChI=1S/C17H17Cl2FN2O.C6H11NO.C5H12/c1-11(14-3-2-4-15(19)17(14)20)8-21-9-12-5-6-13(18)7-16(12)22-10-23;8-5-7-6-3-1-2-4-6;1-5(2,3)4/h2-7,10-11,21H,8-9H2,1H3,(H,22,23);5-6H,1-4H2,(H,7,8);1-4H3. The van der Waals surface area contributed by atoms with E-state index in [1.54, 1.807) is 24.3 Å². The van der Waals surface area contributed by atoms with Gasteiger partial charge in [0.15, 0.2) is 0 Å². The fraction of sp³-hybridized carbons (Fsp3) is 0.500. The number of carbonyl (C=O) groups is 2. The predicted molar refractivity (Wildman–Crippen MR) is 149 cm³/mol. The topological polar surface area (TPSA) is 70.2 Å². The highest BCUT2D eigenvalue weighted by atomic mass is 35.5. The van der Waals surface area contributed by atoms with E-state index in [2.05, 4.69) is 43.6 Å². The molecule has 2 aromatic rings. The number of carbonyl (C=O) groups excluding carboxylic acids is 2. The van der Waals surface area contributed by atoms with Gasteiger partial charge >= 0.3 is 0 Å². The molecule has 0 spiro atoms. The minimum atomic E-state index is -0.377. The molecule has 36 heavy (non-hydrogen) atoms. The van der Waals surface area contributed by atoms with Crippen LogP contribution in [0, 0.1) is 11.2 Å². The van der Waals surface area contributed by atoms with Crippen LogP contribution in [0.1, 0.15) is 77.3 Å². The van der Waals surface area contributed by atoms with Crippen LogP contribution in [0.5, 0.6) is 0 Å². The van der Waals surface area contributed by atoms with Crippen molar-refractivity contribution in [2.24, 2.45) is 5.41 Å². The molecule has 0 bridgehead atoms. The molecule has 200 valence electrons. The van der Waals surface area contributed by atoms with Gasteiger partial charge in [0.05, 0.1) is 5.02 Å². The smallest absolute Gasteiger partial charge is 0.211 e. The van der Waals surface area contributed by atoms with Crippen molar-refractivity contribution >= 4 is 41.7 Å². The van der Waals surface area contributed by atoms with Gasteiger partial charge in [-0.05, 0) is 53.5 Å². The maximum absolute atomic E-state index is 14.0. The number of hydrogen-bond donors (Lipinski definition) is 3. The summed E-state index contributed by atoms with van der Waals surface area (Å²) in [5, 5.41) is 9.32. The largest absolute Gasteiger partial charge is 0.356 e. The minimum absolute atomic E-state index is 0.0384. The molecule has 1 fully saturated rings. The fourth-order valence-electron chi connectivity index (χ4n) is 3.52. The number of rotatable bonds is 9. The Morgan fingerprint density at radius 2 is 1.69 bits per heavy atom. The first-order valence-electron chi connectivity index (χ1n) is 12.3. The van der Waals surface area contributed by atoms with Gasteiger partial charge < -0.3 is 16.0 Å². The number of nitrogens with one attached hydrogen (secondary N) is 3. The fourth-order valence-corrected chi connectivity index (χ4v) is 3.88. The lowest BCUT2D eigenvalue weighted by molar-refractivity contribution is -0.110. The summed E-state index contributed by atoms with van der Waals surface area (Å²) in [5.74, 6) is -0.415. The Morgan fingerprint density at radius 3 is 2.28 bits per heavy atom. The van der Waals surface area contributed by atoms with E-state index in [0.29, 0.717) is 47.2 Å². The Morgan fingerprint density at radius 1 is 1.06 bits per heavy atom. The molecule has 1 unspecified atom stereocenters. The molecule has 3 N–H and O–H groups in total. The van der Waals surface area contributed by atoms with Crippen molar-refractivity contribution in [1.82, 2.24) is 10.6 Å². The van der Waals surface area contributed by atoms with Crippen LogP contribution >= 0.6 is 23.2 Å². The Bertz CT molecular complexity index is 939. The van der Waals surface area contributed by atoms with Crippen LogP contribution in [0.25, 0.3) is 0 Å². The van der Waals surface area contributed by atoms with Crippen LogP contribution < -0.4 is 16.0 Å². The zero-order chi connectivity index (χ0) is 27.1. The molecule has 0 saturated heterocycles. The Labute approximate surface area is 225 Å². The third kappa shape index (κ3) is 13.2. The summed E-state index contributed by atoms with van der Waals surface area (Å²) in [6.45, 7) is 11.8. The number of hydrogen-bond acceptors (Lipinski definition) is 3. The summed E-state index contributed by atoms with van der Waals surface area (Å²) in [7, 11) is 0. The molecular weight excluding hydrogens is 500 g/mol. The van der Waals surface area contributed by atoms with Gasteiger partial charge in [-0.3, -0.25) is 9.59 Å². The van der Waals surface area contributed by atoms with Crippen molar-refractivity contribution in [2.75, 3.05) is 11.9 Å². The highest BCUT2D eigenvalue weighted by Gasteiger charge is 2.14. The summed E-state index contributed by atoms with van der Waals surface area (Å²) in [6.07, 6.45) is 6.34. The normalized spacial score (nSPS) is 14.0. The van der Waals surface area contributed by atoms with Gasteiger partial charge in [0.25, 0.3) is 0 Å². The van der Waals surface area contributed by atoms with Gasteiger partial charge in [0.2, 0.25) is 12.8 Å². The Kier molecular flexibility index (Phi) is 14.7. The van der Waals surface area contributed by atoms with Crippen LogP contribution in [0.2, 0.25) is 10.0 Å². The molecule has 0 radical (unpaired) electrons. The molecule has 0 aromatic heterocycles. The van der Waals surface area contributed by atoms with Crippen molar-refractivity contribution < 1.29 is 14.0 Å². The molecule has 0 heterocycles. The molecule has 1 saturated carbocycles. The van der Waals surface area contributed by atoms with Crippen LogP contribution in [0.3, 0.4) is 0 Å². The lowest BCUT2D eigenvalue weighted by atomic mass is 10.0. The SMILES string of the molecule is CC(C)(C)C.CC(CNCc1ccc(Cl)cc1NC=O)c1cccc(Cl)c1F.O=CNC1CCCC1. The van der Waals surface area contributed by atoms with Gasteiger partial charge in [0.1, 0.15) is 5.82 Å². The first kappa shape index (κ1) is 31.9. The number of halogens is 3. The third-order valence-electron chi connectivity index (χ3n) is 5.22. The molecule has 3 rings (SSSR count). The summed E-state index contributed by atoms with van der Waals surface area (Å²) < 4.78 is 14.0. The van der Waals surface area contributed by atoms with Gasteiger partial charge in [-0.1, -0.05) is 88.9 Å². The summed E-state index contributed by atoms with van der Waals surface area (Å²) >= 11 is 11.7. The van der Waals surface area contributed by atoms with Crippen molar-refractivity contribution in [3.8, 4) is 0 Å². The van der Waals surface area contributed by atoms with E-state index < -0.39 is 0 Å². The van der Waals surface area contributed by atoms with Crippen molar-refractivity contribution in [3.63, 3.8) is 0 Å². The predicted octanol–water partition coefficient (Wildman–Crippen LogP) is 7.32. The van der Waals surface area contributed by atoms with E-state index in [9.17, 15) is 14.0 Å². The van der Waals surface area contributed by atoms with Gasteiger partial charge in [-0.2, -0.15) is 0 Å². The second-order valence-electron chi connectivity index (χ2n) is 10.5. The monoisotopic (exact) mass is 539 g/mol. The van der Waals surface area contributed by atoms with Crippen LogP contribution in [0.15, 0.2) is 36.4 Å². The zero-order valence-corrected chi connectivity index (χ0v) is 23.5. The molecule has 5 nitrogen and oxygen atoms in total. The molecule has 1 aliphatic carbocycles. The first-order valence-corrected chi connectivity index (χ1v) is 13.0. The van der Waals surface area contributed by atoms with E-state index in [4.69, 9.17) is 23.2 Å². The summed E-state index contributed by atoms with van der Waals surface area (Å²) in [4.78, 5) is 20.5. The number of anilines is 1. The third-order valence-corrected chi connectivity index (χ3v) is 5.75. The number of amides is 2. The second-order valence-corrected chi connectivity index (χ2v) is 11.3. The Hall–Kier alpha value is -2.15. The van der Waals surface area contributed by atoms with Crippen LogP contribution in [-0.4, -0.2) is 25.4 Å².